The first kappa shape index (κ1) is 15.7. The van der Waals surface area contributed by atoms with Gasteiger partial charge in [0.25, 0.3) is 0 Å². The number of aliphatic hydroxyl groups is 1. The Morgan fingerprint density at radius 2 is 1.88 bits per heavy atom. The summed E-state index contributed by atoms with van der Waals surface area (Å²) in [6, 6.07) is -0.774. The standard InChI is InChI=1S/C11H21NO5/c1-6-16-9(14)8(13)7(2)12-10(15)17-11(3,4)5/h7-8,13H,6H2,1-5H3,(H,12,15)/t7-,8-/m0/s1. The Kier molecular flexibility index (Phi) is 5.95. The molecule has 0 radical (unpaired) electrons. The van der Waals surface area contributed by atoms with Crippen molar-refractivity contribution < 1.29 is 24.2 Å². The Balaban J connectivity index is 4.20. The molecule has 0 heterocycles. The summed E-state index contributed by atoms with van der Waals surface area (Å²) in [5, 5.41) is 11.9. The van der Waals surface area contributed by atoms with Crippen molar-refractivity contribution in [2.24, 2.45) is 0 Å². The van der Waals surface area contributed by atoms with Crippen LogP contribution in [0.25, 0.3) is 0 Å². The van der Waals surface area contributed by atoms with Crippen LogP contribution in [0.1, 0.15) is 34.6 Å². The summed E-state index contributed by atoms with van der Waals surface area (Å²) in [4.78, 5) is 22.5. The summed E-state index contributed by atoms with van der Waals surface area (Å²) in [5.74, 6) is -0.768. The summed E-state index contributed by atoms with van der Waals surface area (Å²) >= 11 is 0. The Morgan fingerprint density at radius 3 is 2.29 bits per heavy atom. The number of ether oxygens (including phenoxy) is 2. The Morgan fingerprint density at radius 1 is 1.35 bits per heavy atom. The maximum Gasteiger partial charge on any atom is 0.407 e. The first-order valence-electron chi connectivity index (χ1n) is 5.51. The predicted octanol–water partition coefficient (Wildman–Crippen LogP) is 0.824. The predicted molar refractivity (Wildman–Crippen MR) is 61.5 cm³/mol. The molecule has 0 spiro atoms. The fraction of sp³-hybridized carbons (Fsp3) is 0.818. The van der Waals surface area contributed by atoms with Gasteiger partial charge in [0.2, 0.25) is 0 Å². The summed E-state index contributed by atoms with van der Waals surface area (Å²) in [6.45, 7) is 8.47. The number of hydrogen-bond donors (Lipinski definition) is 2. The summed E-state index contributed by atoms with van der Waals surface area (Å²) < 4.78 is 9.61. The molecule has 0 aliphatic rings. The highest BCUT2D eigenvalue weighted by atomic mass is 16.6. The molecule has 2 atom stereocenters. The molecule has 0 rings (SSSR count). The second-order valence-corrected chi connectivity index (χ2v) is 4.63. The molecule has 0 fully saturated rings. The molecule has 0 saturated carbocycles. The minimum atomic E-state index is -1.40. The zero-order valence-corrected chi connectivity index (χ0v) is 10.9. The van der Waals surface area contributed by atoms with E-state index in [1.54, 1.807) is 27.7 Å². The molecular formula is C11H21NO5. The second kappa shape index (κ2) is 6.44. The fourth-order valence-electron chi connectivity index (χ4n) is 1.00. The molecule has 0 aliphatic carbocycles. The van der Waals surface area contributed by atoms with Crippen LogP contribution in [-0.2, 0) is 14.3 Å². The van der Waals surface area contributed by atoms with E-state index in [0.717, 1.165) is 0 Å². The molecule has 6 heteroatoms. The largest absolute Gasteiger partial charge is 0.464 e. The average Bonchev–Trinajstić information content (AvgIpc) is 2.13. The number of alkyl carbamates (subject to hydrolysis) is 1. The van der Waals surface area contributed by atoms with Crippen molar-refractivity contribution in [3.63, 3.8) is 0 Å². The molecule has 0 unspecified atom stereocenters. The molecule has 100 valence electrons. The maximum absolute atomic E-state index is 11.4. The van der Waals surface area contributed by atoms with Crippen LogP contribution in [0.2, 0.25) is 0 Å². The number of carbonyl (C=O) groups excluding carboxylic acids is 2. The molecule has 2 N–H and O–H groups in total. The van der Waals surface area contributed by atoms with Gasteiger partial charge in [0.05, 0.1) is 12.6 Å². The summed E-state index contributed by atoms with van der Waals surface area (Å²) in [5.41, 5.74) is -0.626. The molecule has 17 heavy (non-hydrogen) atoms. The first-order valence-corrected chi connectivity index (χ1v) is 5.51. The molecule has 0 aromatic heterocycles. The highest BCUT2D eigenvalue weighted by Crippen LogP contribution is 2.07. The maximum atomic E-state index is 11.4. The van der Waals surface area contributed by atoms with Crippen LogP contribution in [0.5, 0.6) is 0 Å². The normalized spacial score (nSPS) is 14.7. The zero-order valence-electron chi connectivity index (χ0n) is 10.9. The van der Waals surface area contributed by atoms with Gasteiger partial charge in [-0.3, -0.25) is 0 Å². The van der Waals surface area contributed by atoms with E-state index in [9.17, 15) is 14.7 Å². The van der Waals surface area contributed by atoms with Gasteiger partial charge in [-0.1, -0.05) is 0 Å². The second-order valence-electron chi connectivity index (χ2n) is 4.63. The van der Waals surface area contributed by atoms with E-state index in [1.165, 1.54) is 6.92 Å². The molecule has 0 saturated heterocycles. The van der Waals surface area contributed by atoms with Crippen LogP contribution in [0.3, 0.4) is 0 Å². The van der Waals surface area contributed by atoms with Crippen LogP contribution in [0, 0.1) is 0 Å². The van der Waals surface area contributed by atoms with Crippen molar-refractivity contribution >= 4 is 12.1 Å². The third kappa shape index (κ3) is 6.78. The van der Waals surface area contributed by atoms with Gasteiger partial charge in [0.1, 0.15) is 5.60 Å². The van der Waals surface area contributed by atoms with Crippen LogP contribution >= 0.6 is 0 Å². The fourth-order valence-corrected chi connectivity index (χ4v) is 1.00. The minimum Gasteiger partial charge on any atom is -0.464 e. The molecule has 1 amide bonds. The van der Waals surface area contributed by atoms with Gasteiger partial charge in [-0.15, -0.1) is 0 Å². The van der Waals surface area contributed by atoms with E-state index in [1.807, 2.05) is 0 Å². The summed E-state index contributed by atoms with van der Waals surface area (Å²) in [6.07, 6.45) is -2.09. The number of esters is 1. The SMILES string of the molecule is CCOC(=O)[C@@H](O)[C@H](C)NC(=O)OC(C)(C)C. The number of aliphatic hydroxyl groups excluding tert-OH is 1. The Bertz CT molecular complexity index is 272. The molecular weight excluding hydrogens is 226 g/mol. The third-order valence-electron chi connectivity index (χ3n) is 1.75. The van der Waals surface area contributed by atoms with Crippen LogP contribution in [-0.4, -0.2) is 41.5 Å². The van der Waals surface area contributed by atoms with Crippen molar-refractivity contribution in [1.29, 1.82) is 0 Å². The monoisotopic (exact) mass is 247 g/mol. The quantitative estimate of drug-likeness (QED) is 0.718. The smallest absolute Gasteiger partial charge is 0.407 e. The van der Waals surface area contributed by atoms with E-state index >= 15 is 0 Å². The summed E-state index contributed by atoms with van der Waals surface area (Å²) in [7, 11) is 0. The first-order chi connectivity index (χ1) is 7.67. The lowest BCUT2D eigenvalue weighted by atomic mass is 10.2. The van der Waals surface area contributed by atoms with Crippen molar-refractivity contribution in [2.45, 2.75) is 52.4 Å². The van der Waals surface area contributed by atoms with E-state index < -0.39 is 29.8 Å². The van der Waals surface area contributed by atoms with Crippen molar-refractivity contribution in [1.82, 2.24) is 5.32 Å². The van der Waals surface area contributed by atoms with Gasteiger partial charge >= 0.3 is 12.1 Å². The van der Waals surface area contributed by atoms with Gasteiger partial charge in [0.15, 0.2) is 6.10 Å². The number of nitrogens with one attached hydrogen (secondary N) is 1. The molecule has 0 aromatic carbocycles. The van der Waals surface area contributed by atoms with Crippen molar-refractivity contribution in [3.8, 4) is 0 Å². The molecule has 0 aromatic rings. The van der Waals surface area contributed by atoms with Gasteiger partial charge < -0.3 is 19.9 Å². The van der Waals surface area contributed by atoms with Gasteiger partial charge in [0, 0.05) is 0 Å². The Hall–Kier alpha value is -1.30. The van der Waals surface area contributed by atoms with E-state index in [0.29, 0.717) is 0 Å². The lowest BCUT2D eigenvalue weighted by Crippen LogP contribution is -2.47. The Labute approximate surface area is 101 Å². The van der Waals surface area contributed by atoms with Gasteiger partial charge in [-0.05, 0) is 34.6 Å². The van der Waals surface area contributed by atoms with Crippen LogP contribution < -0.4 is 5.32 Å². The lowest BCUT2D eigenvalue weighted by molar-refractivity contribution is -0.154. The molecule has 0 aliphatic heterocycles. The van der Waals surface area contributed by atoms with Crippen LogP contribution in [0.15, 0.2) is 0 Å². The third-order valence-corrected chi connectivity index (χ3v) is 1.75. The molecule has 6 nitrogen and oxygen atoms in total. The van der Waals surface area contributed by atoms with Crippen molar-refractivity contribution in [2.75, 3.05) is 6.61 Å². The number of amides is 1. The minimum absolute atomic E-state index is 0.176. The van der Waals surface area contributed by atoms with Gasteiger partial charge in [-0.25, -0.2) is 9.59 Å². The lowest BCUT2D eigenvalue weighted by Gasteiger charge is -2.23. The number of hydrogen-bond acceptors (Lipinski definition) is 5. The van der Waals surface area contributed by atoms with E-state index in [2.05, 4.69) is 10.1 Å². The number of carbonyl (C=O) groups is 2. The van der Waals surface area contributed by atoms with Crippen molar-refractivity contribution in [3.05, 3.63) is 0 Å². The highest BCUT2D eigenvalue weighted by Gasteiger charge is 2.26. The molecule has 0 bridgehead atoms. The average molecular weight is 247 g/mol. The zero-order chi connectivity index (χ0) is 13.6. The van der Waals surface area contributed by atoms with E-state index in [-0.39, 0.29) is 6.61 Å². The van der Waals surface area contributed by atoms with Crippen LogP contribution in [0.4, 0.5) is 4.79 Å². The van der Waals surface area contributed by atoms with E-state index in [4.69, 9.17) is 4.74 Å². The number of rotatable bonds is 4. The van der Waals surface area contributed by atoms with Gasteiger partial charge in [-0.2, -0.15) is 0 Å². The topological polar surface area (TPSA) is 84.9 Å². The highest BCUT2D eigenvalue weighted by molar-refractivity contribution is 5.76.